The number of nitrogens with zero attached hydrogens (tertiary/aromatic N) is 7. The highest BCUT2D eigenvalue weighted by Crippen LogP contribution is 2.13. The summed E-state index contributed by atoms with van der Waals surface area (Å²) in [5, 5.41) is 8.38. The summed E-state index contributed by atoms with van der Waals surface area (Å²) in [6.07, 6.45) is 3.56. The second-order valence-corrected chi connectivity index (χ2v) is 6.29. The highest BCUT2D eigenvalue weighted by atomic mass is 16.5. The molecule has 2 aromatic rings. The van der Waals surface area contributed by atoms with Crippen molar-refractivity contribution >= 4 is 5.95 Å². The van der Waals surface area contributed by atoms with Crippen molar-refractivity contribution in [3.63, 3.8) is 0 Å². The molecule has 2 saturated heterocycles. The van der Waals surface area contributed by atoms with Gasteiger partial charge < -0.3 is 14.1 Å². The van der Waals surface area contributed by atoms with Crippen molar-refractivity contribution in [3.8, 4) is 0 Å². The minimum atomic E-state index is 0.688. The first-order chi connectivity index (χ1) is 12.4. The maximum atomic E-state index is 5.82. The Balaban J connectivity index is 1.26. The lowest BCUT2D eigenvalue weighted by Gasteiger charge is -2.33. The molecular formula is C16H23N7O2. The maximum absolute atomic E-state index is 5.82. The van der Waals surface area contributed by atoms with Gasteiger partial charge in [0.25, 0.3) is 0 Å². The molecule has 2 aliphatic rings. The Morgan fingerprint density at radius 3 is 2.04 bits per heavy atom. The van der Waals surface area contributed by atoms with Gasteiger partial charge in [-0.2, -0.15) is 0 Å². The molecule has 0 aromatic carbocycles. The number of hydrogen-bond donors (Lipinski definition) is 0. The monoisotopic (exact) mass is 345 g/mol. The molecule has 0 unspecified atom stereocenters. The zero-order valence-electron chi connectivity index (χ0n) is 14.3. The SMILES string of the molecule is c1cnc(N2CCN(Cc3nnc(CN4CCOCC4)o3)CC2)nc1. The van der Waals surface area contributed by atoms with Crippen LogP contribution in [0.4, 0.5) is 5.95 Å². The second kappa shape index (κ2) is 7.85. The van der Waals surface area contributed by atoms with Crippen LogP contribution in [0.2, 0.25) is 0 Å². The van der Waals surface area contributed by atoms with Crippen LogP contribution in [0.15, 0.2) is 22.9 Å². The Labute approximate surface area is 146 Å². The van der Waals surface area contributed by atoms with Crippen molar-refractivity contribution in [1.29, 1.82) is 0 Å². The number of ether oxygens (including phenoxy) is 1. The number of piperazine rings is 1. The molecular weight excluding hydrogens is 322 g/mol. The van der Waals surface area contributed by atoms with Gasteiger partial charge in [0.05, 0.1) is 26.3 Å². The number of rotatable bonds is 5. The Hall–Kier alpha value is -2.10. The van der Waals surface area contributed by atoms with Gasteiger partial charge in [0.2, 0.25) is 17.7 Å². The minimum Gasteiger partial charge on any atom is -0.422 e. The summed E-state index contributed by atoms with van der Waals surface area (Å²) < 4.78 is 11.2. The molecule has 0 N–H and O–H groups in total. The van der Waals surface area contributed by atoms with Gasteiger partial charge in [-0.05, 0) is 6.07 Å². The summed E-state index contributed by atoms with van der Waals surface area (Å²) >= 11 is 0. The normalized spacial score (nSPS) is 20.1. The molecule has 2 fully saturated rings. The van der Waals surface area contributed by atoms with Gasteiger partial charge in [-0.25, -0.2) is 9.97 Å². The van der Waals surface area contributed by atoms with Crippen molar-refractivity contribution in [2.45, 2.75) is 13.1 Å². The van der Waals surface area contributed by atoms with E-state index in [9.17, 15) is 0 Å². The highest BCUT2D eigenvalue weighted by Gasteiger charge is 2.21. The molecule has 4 heterocycles. The van der Waals surface area contributed by atoms with Crippen LogP contribution in [0, 0.1) is 0 Å². The zero-order valence-corrected chi connectivity index (χ0v) is 14.3. The molecule has 25 heavy (non-hydrogen) atoms. The zero-order chi connectivity index (χ0) is 16.9. The highest BCUT2D eigenvalue weighted by molar-refractivity contribution is 5.29. The molecule has 0 aliphatic carbocycles. The van der Waals surface area contributed by atoms with Gasteiger partial charge in [-0.3, -0.25) is 9.80 Å². The Morgan fingerprint density at radius 2 is 1.40 bits per heavy atom. The molecule has 0 bridgehead atoms. The molecule has 2 aromatic heterocycles. The number of aromatic nitrogens is 4. The summed E-state index contributed by atoms with van der Waals surface area (Å²) in [5.74, 6) is 2.17. The Morgan fingerprint density at radius 1 is 0.800 bits per heavy atom. The molecule has 0 saturated carbocycles. The van der Waals surface area contributed by atoms with Crippen LogP contribution >= 0.6 is 0 Å². The third-order valence-corrected chi connectivity index (χ3v) is 4.54. The second-order valence-electron chi connectivity index (χ2n) is 6.29. The lowest BCUT2D eigenvalue weighted by Crippen LogP contribution is -2.46. The van der Waals surface area contributed by atoms with E-state index < -0.39 is 0 Å². The van der Waals surface area contributed by atoms with E-state index in [1.165, 1.54) is 0 Å². The lowest BCUT2D eigenvalue weighted by atomic mass is 10.3. The smallest absolute Gasteiger partial charge is 0.230 e. The molecule has 9 heteroatoms. The van der Waals surface area contributed by atoms with Gasteiger partial charge >= 0.3 is 0 Å². The molecule has 4 rings (SSSR count). The third kappa shape index (κ3) is 4.30. The fourth-order valence-electron chi connectivity index (χ4n) is 3.12. The molecule has 0 radical (unpaired) electrons. The summed E-state index contributed by atoms with van der Waals surface area (Å²) in [6, 6.07) is 1.84. The molecule has 0 amide bonds. The molecule has 9 nitrogen and oxygen atoms in total. The van der Waals surface area contributed by atoms with E-state index in [2.05, 4.69) is 34.9 Å². The minimum absolute atomic E-state index is 0.688. The van der Waals surface area contributed by atoms with Crippen molar-refractivity contribution in [2.24, 2.45) is 0 Å². The quantitative estimate of drug-likeness (QED) is 0.744. The average Bonchev–Trinajstić information content (AvgIpc) is 3.11. The van der Waals surface area contributed by atoms with Gasteiger partial charge in [0, 0.05) is 51.7 Å². The van der Waals surface area contributed by atoms with Crippen molar-refractivity contribution < 1.29 is 9.15 Å². The average molecular weight is 345 g/mol. The predicted octanol–water partition coefficient (Wildman–Crippen LogP) is 0.0140. The van der Waals surface area contributed by atoms with E-state index in [4.69, 9.17) is 9.15 Å². The van der Waals surface area contributed by atoms with Gasteiger partial charge in [-0.15, -0.1) is 10.2 Å². The third-order valence-electron chi connectivity index (χ3n) is 4.54. The fraction of sp³-hybridized carbons (Fsp3) is 0.625. The molecule has 134 valence electrons. The maximum Gasteiger partial charge on any atom is 0.230 e. The van der Waals surface area contributed by atoms with Crippen molar-refractivity contribution in [1.82, 2.24) is 30.0 Å². The Bertz CT molecular complexity index is 652. The van der Waals surface area contributed by atoms with E-state index in [1.807, 2.05) is 6.07 Å². The number of anilines is 1. The van der Waals surface area contributed by atoms with E-state index in [1.54, 1.807) is 12.4 Å². The number of hydrogen-bond acceptors (Lipinski definition) is 9. The van der Waals surface area contributed by atoms with Crippen LogP contribution in [0.5, 0.6) is 0 Å². The van der Waals surface area contributed by atoms with Crippen LogP contribution < -0.4 is 4.90 Å². The standard InChI is InChI=1S/C16H23N7O2/c1-2-17-16(18-3-1)23-6-4-21(5-7-23)12-14-19-20-15(25-14)13-22-8-10-24-11-9-22/h1-3H,4-13H2. The van der Waals surface area contributed by atoms with E-state index in [0.717, 1.165) is 58.4 Å². The van der Waals surface area contributed by atoms with Gasteiger partial charge in [0.15, 0.2) is 0 Å². The van der Waals surface area contributed by atoms with E-state index >= 15 is 0 Å². The first-order valence-corrected chi connectivity index (χ1v) is 8.72. The van der Waals surface area contributed by atoms with Gasteiger partial charge in [0.1, 0.15) is 0 Å². The van der Waals surface area contributed by atoms with E-state index in [-0.39, 0.29) is 0 Å². The van der Waals surface area contributed by atoms with Crippen LogP contribution in [-0.2, 0) is 17.8 Å². The topological polar surface area (TPSA) is 83.7 Å². The largest absolute Gasteiger partial charge is 0.422 e. The van der Waals surface area contributed by atoms with Crippen LogP contribution in [-0.4, -0.2) is 82.4 Å². The lowest BCUT2D eigenvalue weighted by molar-refractivity contribution is 0.0303. The van der Waals surface area contributed by atoms with Crippen molar-refractivity contribution in [3.05, 3.63) is 30.2 Å². The van der Waals surface area contributed by atoms with E-state index in [0.29, 0.717) is 24.9 Å². The van der Waals surface area contributed by atoms with Crippen LogP contribution in [0.1, 0.15) is 11.8 Å². The Kier molecular flexibility index (Phi) is 5.14. The predicted molar refractivity (Wildman–Crippen MR) is 89.9 cm³/mol. The summed E-state index contributed by atoms with van der Waals surface area (Å²) in [7, 11) is 0. The van der Waals surface area contributed by atoms with Crippen molar-refractivity contribution in [2.75, 3.05) is 57.4 Å². The molecule has 2 aliphatic heterocycles. The summed E-state index contributed by atoms with van der Waals surface area (Å²) in [4.78, 5) is 15.4. The summed E-state index contributed by atoms with van der Waals surface area (Å²) in [5.41, 5.74) is 0. The first kappa shape index (κ1) is 16.4. The molecule has 0 atom stereocenters. The molecule has 0 spiro atoms. The van der Waals surface area contributed by atoms with Crippen LogP contribution in [0.25, 0.3) is 0 Å². The van der Waals surface area contributed by atoms with Crippen LogP contribution in [0.3, 0.4) is 0 Å². The number of morpholine rings is 1. The fourth-order valence-corrected chi connectivity index (χ4v) is 3.12. The summed E-state index contributed by atoms with van der Waals surface area (Å²) in [6.45, 7) is 8.45. The van der Waals surface area contributed by atoms with Gasteiger partial charge in [-0.1, -0.05) is 0 Å². The first-order valence-electron chi connectivity index (χ1n) is 8.72.